The van der Waals surface area contributed by atoms with Crippen LogP contribution >= 0.6 is 11.6 Å². The third-order valence-electron chi connectivity index (χ3n) is 2.97. The van der Waals surface area contributed by atoms with Crippen molar-refractivity contribution in [3.8, 4) is 5.88 Å². The summed E-state index contributed by atoms with van der Waals surface area (Å²) in [4.78, 5) is 4.24. The number of nitrogens with zero attached hydrogens (tertiary/aromatic N) is 1. The number of furan rings is 1. The van der Waals surface area contributed by atoms with Crippen molar-refractivity contribution in [1.29, 1.82) is 0 Å². The summed E-state index contributed by atoms with van der Waals surface area (Å²) in [6.07, 6.45) is 5.94. The van der Waals surface area contributed by atoms with Gasteiger partial charge in [-0.05, 0) is 36.6 Å². The van der Waals surface area contributed by atoms with Crippen LogP contribution in [-0.4, -0.2) is 11.0 Å². The summed E-state index contributed by atoms with van der Waals surface area (Å²) < 4.78 is 10.7. The van der Waals surface area contributed by atoms with E-state index in [0.717, 1.165) is 17.9 Å². The average molecular weight is 279 g/mol. The minimum absolute atomic E-state index is 0.333. The molecule has 1 fully saturated rings. The molecule has 1 N–H and O–H groups in total. The van der Waals surface area contributed by atoms with Gasteiger partial charge in [-0.1, -0.05) is 11.6 Å². The SMILES string of the molecule is Clc1cc(CNC2CC2)cnc1OCc1ccco1. The minimum Gasteiger partial charge on any atom is -0.468 e. The summed E-state index contributed by atoms with van der Waals surface area (Å²) in [6, 6.07) is 6.23. The first-order valence-corrected chi connectivity index (χ1v) is 6.72. The molecule has 2 heterocycles. The number of halogens is 1. The van der Waals surface area contributed by atoms with Gasteiger partial charge in [0.25, 0.3) is 0 Å². The lowest BCUT2D eigenvalue weighted by molar-refractivity contribution is 0.260. The molecule has 4 nitrogen and oxygen atoms in total. The van der Waals surface area contributed by atoms with Crippen LogP contribution in [0.15, 0.2) is 35.1 Å². The number of aromatic nitrogens is 1. The molecule has 0 unspecified atom stereocenters. The van der Waals surface area contributed by atoms with Gasteiger partial charge in [0.1, 0.15) is 17.4 Å². The van der Waals surface area contributed by atoms with E-state index in [2.05, 4.69) is 10.3 Å². The standard InChI is InChI=1S/C14H15ClN2O2/c15-13-6-10(7-16-11-3-4-11)8-17-14(13)19-9-12-2-1-5-18-12/h1-2,5-6,8,11,16H,3-4,7,9H2. The van der Waals surface area contributed by atoms with Gasteiger partial charge in [-0.3, -0.25) is 0 Å². The molecule has 1 aliphatic rings. The molecule has 19 heavy (non-hydrogen) atoms. The number of hydrogen-bond donors (Lipinski definition) is 1. The van der Waals surface area contributed by atoms with Gasteiger partial charge in [0.05, 0.1) is 6.26 Å². The first-order chi connectivity index (χ1) is 9.31. The fraction of sp³-hybridized carbons (Fsp3) is 0.357. The molecular weight excluding hydrogens is 264 g/mol. The maximum Gasteiger partial charge on any atom is 0.233 e. The van der Waals surface area contributed by atoms with Crippen LogP contribution in [0.1, 0.15) is 24.2 Å². The lowest BCUT2D eigenvalue weighted by atomic mass is 10.3. The van der Waals surface area contributed by atoms with Crippen LogP contribution in [0, 0.1) is 0 Å². The number of pyridine rings is 1. The fourth-order valence-electron chi connectivity index (χ4n) is 1.75. The minimum atomic E-state index is 0.333. The Morgan fingerprint density at radius 2 is 2.37 bits per heavy atom. The van der Waals surface area contributed by atoms with Gasteiger partial charge in [-0.25, -0.2) is 4.98 Å². The smallest absolute Gasteiger partial charge is 0.233 e. The van der Waals surface area contributed by atoms with E-state index in [1.807, 2.05) is 18.2 Å². The summed E-state index contributed by atoms with van der Waals surface area (Å²) in [5.41, 5.74) is 1.07. The zero-order valence-electron chi connectivity index (χ0n) is 10.4. The van der Waals surface area contributed by atoms with Crippen LogP contribution in [0.25, 0.3) is 0 Å². The Hall–Kier alpha value is -1.52. The van der Waals surface area contributed by atoms with E-state index >= 15 is 0 Å². The van der Waals surface area contributed by atoms with Crippen molar-refractivity contribution in [2.24, 2.45) is 0 Å². The molecule has 0 aliphatic heterocycles. The van der Waals surface area contributed by atoms with Gasteiger partial charge in [-0.15, -0.1) is 0 Å². The predicted octanol–water partition coefficient (Wildman–Crippen LogP) is 3.16. The molecule has 0 amide bonds. The summed E-state index contributed by atoms with van der Waals surface area (Å²) in [7, 11) is 0. The normalized spacial score (nSPS) is 14.6. The van der Waals surface area contributed by atoms with Crippen molar-refractivity contribution in [3.63, 3.8) is 0 Å². The molecule has 1 saturated carbocycles. The molecule has 0 bridgehead atoms. The number of rotatable bonds is 6. The average Bonchev–Trinajstić information content (AvgIpc) is 3.10. The van der Waals surface area contributed by atoms with Gasteiger partial charge < -0.3 is 14.5 Å². The maximum absolute atomic E-state index is 6.15. The van der Waals surface area contributed by atoms with Gasteiger partial charge in [-0.2, -0.15) is 0 Å². The second kappa shape index (κ2) is 5.63. The van der Waals surface area contributed by atoms with Crippen molar-refractivity contribution in [2.45, 2.75) is 32.0 Å². The van der Waals surface area contributed by atoms with Crippen molar-refractivity contribution in [1.82, 2.24) is 10.3 Å². The van der Waals surface area contributed by atoms with Crippen LogP contribution < -0.4 is 10.1 Å². The first-order valence-electron chi connectivity index (χ1n) is 6.34. The summed E-state index contributed by atoms with van der Waals surface area (Å²) in [5.74, 6) is 1.19. The maximum atomic E-state index is 6.15. The Morgan fingerprint density at radius 3 is 3.05 bits per heavy atom. The van der Waals surface area contributed by atoms with Gasteiger partial charge >= 0.3 is 0 Å². The second-order valence-corrected chi connectivity index (χ2v) is 5.06. The molecular formula is C14H15ClN2O2. The van der Waals surface area contributed by atoms with E-state index in [0.29, 0.717) is 23.6 Å². The zero-order valence-corrected chi connectivity index (χ0v) is 11.2. The van der Waals surface area contributed by atoms with Crippen molar-refractivity contribution >= 4 is 11.6 Å². The largest absolute Gasteiger partial charge is 0.468 e. The molecule has 0 aromatic carbocycles. The first kappa shape index (κ1) is 12.5. The predicted molar refractivity (Wildman–Crippen MR) is 72.1 cm³/mol. The number of ether oxygens (including phenoxy) is 1. The molecule has 3 rings (SSSR count). The molecule has 0 radical (unpaired) electrons. The Kier molecular flexibility index (Phi) is 3.71. The van der Waals surface area contributed by atoms with Gasteiger partial charge in [0.2, 0.25) is 5.88 Å². The highest BCUT2D eigenvalue weighted by atomic mass is 35.5. The number of hydrogen-bond acceptors (Lipinski definition) is 4. The summed E-state index contributed by atoms with van der Waals surface area (Å²) >= 11 is 6.15. The van der Waals surface area contributed by atoms with Gasteiger partial charge in [0, 0.05) is 18.8 Å². The van der Waals surface area contributed by atoms with Crippen molar-refractivity contribution < 1.29 is 9.15 Å². The van der Waals surface area contributed by atoms with Crippen LogP contribution in [-0.2, 0) is 13.2 Å². The van der Waals surface area contributed by atoms with Crippen LogP contribution in [0.4, 0.5) is 0 Å². The quantitative estimate of drug-likeness (QED) is 0.882. The van der Waals surface area contributed by atoms with E-state index < -0.39 is 0 Å². The topological polar surface area (TPSA) is 47.3 Å². The molecule has 2 aromatic rings. The molecule has 2 aromatic heterocycles. The van der Waals surface area contributed by atoms with E-state index in [9.17, 15) is 0 Å². The van der Waals surface area contributed by atoms with Crippen LogP contribution in [0.2, 0.25) is 5.02 Å². The molecule has 0 atom stereocenters. The molecule has 5 heteroatoms. The third-order valence-corrected chi connectivity index (χ3v) is 3.24. The lowest BCUT2D eigenvalue weighted by Crippen LogP contribution is -2.15. The molecule has 0 saturated heterocycles. The highest BCUT2D eigenvalue weighted by molar-refractivity contribution is 6.31. The second-order valence-electron chi connectivity index (χ2n) is 4.65. The van der Waals surface area contributed by atoms with Crippen LogP contribution in [0.5, 0.6) is 5.88 Å². The highest BCUT2D eigenvalue weighted by Gasteiger charge is 2.20. The summed E-state index contributed by atoms with van der Waals surface area (Å²) in [6.45, 7) is 1.13. The fourth-order valence-corrected chi connectivity index (χ4v) is 2.00. The zero-order chi connectivity index (χ0) is 13.1. The van der Waals surface area contributed by atoms with E-state index in [-0.39, 0.29) is 0 Å². The molecule has 0 spiro atoms. The van der Waals surface area contributed by atoms with Gasteiger partial charge in [0.15, 0.2) is 0 Å². The monoisotopic (exact) mass is 278 g/mol. The summed E-state index contributed by atoms with van der Waals surface area (Å²) in [5, 5.41) is 3.95. The van der Waals surface area contributed by atoms with Crippen molar-refractivity contribution in [3.05, 3.63) is 47.0 Å². The Labute approximate surface area is 116 Å². The van der Waals surface area contributed by atoms with E-state index in [1.54, 1.807) is 12.5 Å². The molecule has 100 valence electrons. The van der Waals surface area contributed by atoms with Crippen molar-refractivity contribution in [2.75, 3.05) is 0 Å². The third kappa shape index (κ3) is 3.49. The lowest BCUT2D eigenvalue weighted by Gasteiger charge is -2.08. The highest BCUT2D eigenvalue weighted by Crippen LogP contribution is 2.24. The Morgan fingerprint density at radius 1 is 1.47 bits per heavy atom. The van der Waals surface area contributed by atoms with E-state index in [1.165, 1.54) is 12.8 Å². The van der Waals surface area contributed by atoms with E-state index in [4.69, 9.17) is 20.8 Å². The Balaban J connectivity index is 1.58. The Bertz CT molecular complexity index is 538. The number of nitrogens with one attached hydrogen (secondary N) is 1. The molecule has 1 aliphatic carbocycles. The van der Waals surface area contributed by atoms with Crippen LogP contribution in [0.3, 0.4) is 0 Å².